The van der Waals surface area contributed by atoms with Crippen LogP contribution in [0.25, 0.3) is 0 Å². The maximum absolute atomic E-state index is 12.5. The average molecular weight is 676 g/mol. The van der Waals surface area contributed by atoms with E-state index in [1.165, 1.54) is 96.3 Å². The Hall–Kier alpha value is -1.25. The molecule has 0 aromatic heterocycles. The van der Waals surface area contributed by atoms with Crippen LogP contribution in [0.3, 0.4) is 0 Å². The molecule has 0 rings (SSSR count). The smallest absolute Gasteiger partial charge is 0.462 e. The summed E-state index contributed by atoms with van der Waals surface area (Å²) >= 11 is 0. The molecule has 2 atom stereocenters. The van der Waals surface area contributed by atoms with Crippen molar-refractivity contribution < 1.29 is 37.6 Å². The van der Waals surface area contributed by atoms with Crippen LogP contribution in [0.1, 0.15) is 174 Å². The van der Waals surface area contributed by atoms with E-state index in [1.807, 2.05) is 0 Å². The van der Waals surface area contributed by atoms with Crippen LogP contribution < -0.4 is 5.73 Å². The van der Waals surface area contributed by atoms with E-state index >= 15 is 0 Å². The summed E-state index contributed by atoms with van der Waals surface area (Å²) in [7, 11) is -4.37. The molecule has 0 aliphatic heterocycles. The summed E-state index contributed by atoms with van der Waals surface area (Å²) in [6.45, 7) is 3.69. The van der Waals surface area contributed by atoms with E-state index in [0.29, 0.717) is 6.42 Å². The fourth-order valence-electron chi connectivity index (χ4n) is 5.10. The third kappa shape index (κ3) is 32.7. The van der Waals surface area contributed by atoms with Gasteiger partial charge in [-0.3, -0.25) is 18.6 Å². The van der Waals surface area contributed by atoms with Crippen LogP contribution in [0.5, 0.6) is 0 Å². The van der Waals surface area contributed by atoms with Gasteiger partial charge in [0, 0.05) is 19.4 Å². The Morgan fingerprint density at radius 1 is 0.630 bits per heavy atom. The normalized spacial score (nSPS) is 13.6. The average Bonchev–Trinajstić information content (AvgIpc) is 3.04. The highest BCUT2D eigenvalue weighted by Gasteiger charge is 2.25. The van der Waals surface area contributed by atoms with Crippen molar-refractivity contribution >= 4 is 19.8 Å². The summed E-state index contributed by atoms with van der Waals surface area (Å²) in [6, 6.07) is 0. The fourth-order valence-corrected chi connectivity index (χ4v) is 5.86. The number of phosphoric acid groups is 1. The van der Waals surface area contributed by atoms with Gasteiger partial charge >= 0.3 is 19.8 Å². The number of allylic oxidation sites excluding steroid dienone is 2. The predicted molar refractivity (Wildman–Crippen MR) is 188 cm³/mol. The molecule has 0 radical (unpaired) electrons. The van der Waals surface area contributed by atoms with Crippen LogP contribution >= 0.6 is 7.82 Å². The maximum atomic E-state index is 12.5. The van der Waals surface area contributed by atoms with Crippen LogP contribution in [0.2, 0.25) is 0 Å². The molecular weight excluding hydrogens is 605 g/mol. The quantitative estimate of drug-likeness (QED) is 0.0291. The molecule has 46 heavy (non-hydrogen) atoms. The van der Waals surface area contributed by atoms with E-state index in [1.54, 1.807) is 0 Å². The van der Waals surface area contributed by atoms with Gasteiger partial charge in [-0.15, -0.1) is 0 Å². The fraction of sp³-hybridized carbons (Fsp3) is 0.889. The Balaban J connectivity index is 4.24. The Morgan fingerprint density at radius 3 is 1.57 bits per heavy atom. The van der Waals surface area contributed by atoms with Gasteiger partial charge in [-0.2, -0.15) is 0 Å². The highest BCUT2D eigenvalue weighted by Crippen LogP contribution is 2.43. The summed E-state index contributed by atoms with van der Waals surface area (Å²) in [5.41, 5.74) is 5.32. The van der Waals surface area contributed by atoms with Crippen molar-refractivity contribution in [3.05, 3.63) is 12.2 Å². The lowest BCUT2D eigenvalue weighted by Crippen LogP contribution is -2.29. The number of ether oxygens (including phenoxy) is 2. The zero-order valence-corrected chi connectivity index (χ0v) is 30.5. The van der Waals surface area contributed by atoms with E-state index in [9.17, 15) is 19.0 Å². The first kappa shape index (κ1) is 44.8. The molecular formula is C36H70NO8P. The minimum Gasteiger partial charge on any atom is -0.462 e. The molecule has 0 aromatic rings. The van der Waals surface area contributed by atoms with Gasteiger partial charge < -0.3 is 20.1 Å². The van der Waals surface area contributed by atoms with Crippen molar-refractivity contribution in [2.24, 2.45) is 5.73 Å². The summed E-state index contributed by atoms with van der Waals surface area (Å²) in [5.74, 6) is -0.845. The van der Waals surface area contributed by atoms with Gasteiger partial charge in [-0.1, -0.05) is 135 Å². The zero-order valence-electron chi connectivity index (χ0n) is 29.6. The second-order valence-corrected chi connectivity index (χ2v) is 13.9. The van der Waals surface area contributed by atoms with Gasteiger partial charge in [0.1, 0.15) is 6.61 Å². The summed E-state index contributed by atoms with van der Waals surface area (Å²) < 4.78 is 32.6. The Morgan fingerprint density at radius 2 is 1.07 bits per heavy atom. The molecule has 0 aromatic carbocycles. The first-order valence-electron chi connectivity index (χ1n) is 18.7. The molecule has 0 saturated carbocycles. The number of hydrogen-bond donors (Lipinski definition) is 2. The standard InChI is InChI=1S/C36H70NO8P/c1-3-5-7-9-11-13-15-16-17-18-19-21-23-25-27-29-36(39)45-34(33-44-46(40,41)43-31-30-37)32-42-35(38)28-26-24-22-20-14-12-10-8-6-4-2/h18-19,34H,3-17,20-33,37H2,1-2H3,(H,40,41)/b19-18+/t34-/m1/s1. The molecule has 10 heteroatoms. The van der Waals surface area contributed by atoms with Crippen molar-refractivity contribution in [3.8, 4) is 0 Å². The summed E-state index contributed by atoms with van der Waals surface area (Å²) in [4.78, 5) is 34.6. The van der Waals surface area contributed by atoms with Gasteiger partial charge in [0.25, 0.3) is 0 Å². The highest BCUT2D eigenvalue weighted by molar-refractivity contribution is 7.47. The molecule has 0 fully saturated rings. The van der Waals surface area contributed by atoms with Crippen LogP contribution in [-0.4, -0.2) is 49.3 Å². The van der Waals surface area contributed by atoms with E-state index < -0.39 is 26.5 Å². The molecule has 0 spiro atoms. The number of phosphoric ester groups is 1. The number of hydrogen-bond acceptors (Lipinski definition) is 8. The maximum Gasteiger partial charge on any atom is 0.472 e. The first-order valence-corrected chi connectivity index (χ1v) is 20.2. The van der Waals surface area contributed by atoms with E-state index in [2.05, 4.69) is 26.0 Å². The molecule has 272 valence electrons. The lowest BCUT2D eigenvalue weighted by atomic mass is 10.1. The van der Waals surface area contributed by atoms with Crippen molar-refractivity contribution in [2.75, 3.05) is 26.4 Å². The molecule has 3 N–H and O–H groups in total. The second kappa shape index (κ2) is 33.6. The third-order valence-corrected chi connectivity index (χ3v) is 8.89. The van der Waals surface area contributed by atoms with Crippen LogP contribution in [0, 0.1) is 0 Å². The zero-order chi connectivity index (χ0) is 34.0. The highest BCUT2D eigenvalue weighted by atomic mass is 31.2. The molecule has 0 bridgehead atoms. The number of unbranched alkanes of at least 4 members (excludes halogenated alkanes) is 20. The number of carbonyl (C=O) groups is 2. The van der Waals surface area contributed by atoms with E-state index in [0.717, 1.165) is 44.9 Å². The summed E-state index contributed by atoms with van der Waals surface area (Å²) in [5, 5.41) is 0. The Kier molecular flexibility index (Phi) is 32.7. The van der Waals surface area contributed by atoms with Gasteiger partial charge in [0.15, 0.2) is 6.10 Å². The molecule has 0 aliphatic rings. The Labute approximate surface area is 281 Å². The van der Waals surface area contributed by atoms with Crippen LogP contribution in [-0.2, 0) is 32.7 Å². The number of esters is 2. The van der Waals surface area contributed by atoms with Gasteiger partial charge in [-0.25, -0.2) is 4.57 Å². The predicted octanol–water partition coefficient (Wildman–Crippen LogP) is 9.88. The third-order valence-electron chi connectivity index (χ3n) is 7.90. The monoisotopic (exact) mass is 675 g/mol. The molecule has 0 saturated heterocycles. The molecule has 0 amide bonds. The van der Waals surface area contributed by atoms with E-state index in [4.69, 9.17) is 24.3 Å². The van der Waals surface area contributed by atoms with Crippen molar-refractivity contribution in [3.63, 3.8) is 0 Å². The Bertz CT molecular complexity index is 779. The molecule has 0 heterocycles. The van der Waals surface area contributed by atoms with E-state index in [-0.39, 0.29) is 38.6 Å². The van der Waals surface area contributed by atoms with Gasteiger partial charge in [-0.05, 0) is 38.5 Å². The SMILES string of the molecule is CCCCCCCCCC/C=C/CCCCCC(=O)O[C@H](COC(=O)CCCCCCCCCCCC)COP(=O)(O)OCCN. The summed E-state index contributed by atoms with van der Waals surface area (Å²) in [6.07, 6.45) is 31.0. The number of carbonyl (C=O) groups excluding carboxylic acids is 2. The van der Waals surface area contributed by atoms with Gasteiger partial charge in [0.05, 0.1) is 13.2 Å². The first-order chi connectivity index (χ1) is 22.3. The number of rotatable bonds is 35. The number of nitrogens with two attached hydrogens (primary N) is 1. The largest absolute Gasteiger partial charge is 0.472 e. The topological polar surface area (TPSA) is 134 Å². The lowest BCUT2D eigenvalue weighted by molar-refractivity contribution is -0.161. The minimum atomic E-state index is -4.37. The van der Waals surface area contributed by atoms with Crippen molar-refractivity contribution in [1.29, 1.82) is 0 Å². The molecule has 1 unspecified atom stereocenters. The van der Waals surface area contributed by atoms with Gasteiger partial charge in [0.2, 0.25) is 0 Å². The van der Waals surface area contributed by atoms with Crippen molar-refractivity contribution in [1.82, 2.24) is 0 Å². The van der Waals surface area contributed by atoms with Crippen LogP contribution in [0.15, 0.2) is 12.2 Å². The second-order valence-electron chi connectivity index (χ2n) is 12.4. The van der Waals surface area contributed by atoms with Crippen LogP contribution in [0.4, 0.5) is 0 Å². The lowest BCUT2D eigenvalue weighted by Gasteiger charge is -2.19. The molecule has 0 aliphatic carbocycles. The van der Waals surface area contributed by atoms with Crippen molar-refractivity contribution in [2.45, 2.75) is 180 Å². The molecule has 9 nitrogen and oxygen atoms in total. The minimum absolute atomic E-state index is 0.0535.